The molecule has 0 aromatic carbocycles. The highest BCUT2D eigenvalue weighted by Gasteiger charge is 2.24. The quantitative estimate of drug-likeness (QED) is 0.755. The van der Waals surface area contributed by atoms with Crippen molar-refractivity contribution in [3.05, 3.63) is 0 Å². The van der Waals surface area contributed by atoms with Crippen LogP contribution in [0, 0.1) is 11.8 Å². The highest BCUT2D eigenvalue weighted by atomic mass is 16.1. The normalized spacial score (nSPS) is 21.9. The molecule has 4 heteroatoms. The van der Waals surface area contributed by atoms with Gasteiger partial charge in [-0.15, -0.1) is 0 Å². The van der Waals surface area contributed by atoms with E-state index in [0.29, 0.717) is 5.78 Å². The lowest BCUT2D eigenvalue weighted by molar-refractivity contribution is -0.124. The summed E-state index contributed by atoms with van der Waals surface area (Å²) in [6.45, 7) is 3.58. The predicted molar refractivity (Wildman–Crippen MR) is 67.7 cm³/mol. The molecule has 4 nitrogen and oxygen atoms in total. The number of Topliss-reactive ketones (excluding diaryl/α,β-unsaturated/α-hetero) is 1. The van der Waals surface area contributed by atoms with Crippen molar-refractivity contribution in [2.24, 2.45) is 11.8 Å². The second-order valence-electron chi connectivity index (χ2n) is 5.12. The van der Waals surface area contributed by atoms with Crippen molar-refractivity contribution >= 4 is 11.7 Å². The Morgan fingerprint density at radius 1 is 1.59 bits per heavy atom. The molecule has 1 fully saturated rings. The van der Waals surface area contributed by atoms with Gasteiger partial charge in [0.2, 0.25) is 5.91 Å². The summed E-state index contributed by atoms with van der Waals surface area (Å²) in [5.41, 5.74) is 0. The molecule has 2 atom stereocenters. The molecule has 1 saturated carbocycles. The number of ketones is 1. The Kier molecular flexibility index (Phi) is 5.62. The molecule has 0 aliphatic heterocycles. The van der Waals surface area contributed by atoms with E-state index in [1.807, 2.05) is 14.0 Å². The third kappa shape index (κ3) is 4.46. The zero-order valence-electron chi connectivity index (χ0n) is 11.2. The molecular formula is C13H24N2O2. The molecule has 0 spiro atoms. The Morgan fingerprint density at radius 3 is 2.82 bits per heavy atom. The minimum atomic E-state index is 0.00396. The molecule has 0 radical (unpaired) electrons. The van der Waals surface area contributed by atoms with Crippen LogP contribution in [0.15, 0.2) is 0 Å². The highest BCUT2D eigenvalue weighted by Crippen LogP contribution is 2.24. The Hall–Kier alpha value is -0.900. The Bertz CT molecular complexity index is 279. The van der Waals surface area contributed by atoms with Crippen molar-refractivity contribution in [3.8, 4) is 0 Å². The van der Waals surface area contributed by atoms with Crippen molar-refractivity contribution in [3.63, 3.8) is 0 Å². The Balaban J connectivity index is 2.22. The standard InChI is InChI=1S/C13H24N2O2/c1-10(13(17)14-2)9-15(3)8-7-11-5-4-6-12(11)16/h10-11H,4-9H2,1-3H3,(H,14,17). The van der Waals surface area contributed by atoms with E-state index in [-0.39, 0.29) is 17.7 Å². The number of hydrogen-bond acceptors (Lipinski definition) is 3. The molecule has 0 saturated heterocycles. The van der Waals surface area contributed by atoms with Crippen molar-refractivity contribution in [1.82, 2.24) is 10.2 Å². The maximum absolute atomic E-state index is 11.5. The molecule has 17 heavy (non-hydrogen) atoms. The molecular weight excluding hydrogens is 216 g/mol. The molecule has 1 aliphatic carbocycles. The van der Waals surface area contributed by atoms with Crippen LogP contribution >= 0.6 is 0 Å². The van der Waals surface area contributed by atoms with E-state index in [1.54, 1.807) is 7.05 Å². The summed E-state index contributed by atoms with van der Waals surface area (Å²) in [4.78, 5) is 25.0. The first-order chi connectivity index (χ1) is 8.04. The van der Waals surface area contributed by atoms with Gasteiger partial charge in [-0.3, -0.25) is 9.59 Å². The van der Waals surface area contributed by atoms with Crippen LogP contribution in [0.4, 0.5) is 0 Å². The fourth-order valence-electron chi connectivity index (χ4n) is 2.46. The Labute approximate surface area is 104 Å². The van der Waals surface area contributed by atoms with E-state index in [4.69, 9.17) is 0 Å². The van der Waals surface area contributed by atoms with Crippen molar-refractivity contribution < 1.29 is 9.59 Å². The van der Waals surface area contributed by atoms with Gasteiger partial charge in [0.05, 0.1) is 0 Å². The van der Waals surface area contributed by atoms with Crippen LogP contribution in [0.1, 0.15) is 32.6 Å². The zero-order valence-corrected chi connectivity index (χ0v) is 11.2. The average Bonchev–Trinajstić information content (AvgIpc) is 2.71. The Morgan fingerprint density at radius 2 is 2.29 bits per heavy atom. The fraction of sp³-hybridized carbons (Fsp3) is 0.846. The van der Waals surface area contributed by atoms with Gasteiger partial charge in [0.1, 0.15) is 5.78 Å². The molecule has 1 N–H and O–H groups in total. The molecule has 0 heterocycles. The summed E-state index contributed by atoms with van der Waals surface area (Å²) in [5, 5.41) is 2.65. The summed E-state index contributed by atoms with van der Waals surface area (Å²) in [5.74, 6) is 0.781. The number of amides is 1. The average molecular weight is 240 g/mol. The number of hydrogen-bond donors (Lipinski definition) is 1. The summed E-state index contributed by atoms with van der Waals surface area (Å²) < 4.78 is 0. The van der Waals surface area contributed by atoms with Crippen LogP contribution in [0.3, 0.4) is 0 Å². The van der Waals surface area contributed by atoms with Crippen molar-refractivity contribution in [1.29, 1.82) is 0 Å². The van der Waals surface area contributed by atoms with E-state index in [1.165, 1.54) is 0 Å². The summed E-state index contributed by atoms with van der Waals surface area (Å²) in [6, 6.07) is 0. The summed E-state index contributed by atoms with van der Waals surface area (Å²) in [6.07, 6.45) is 3.82. The lowest BCUT2D eigenvalue weighted by atomic mass is 10.0. The van der Waals surface area contributed by atoms with E-state index in [2.05, 4.69) is 10.2 Å². The third-order valence-corrected chi connectivity index (χ3v) is 3.57. The van der Waals surface area contributed by atoms with E-state index < -0.39 is 0 Å². The van der Waals surface area contributed by atoms with Gasteiger partial charge in [0.15, 0.2) is 0 Å². The van der Waals surface area contributed by atoms with Crippen LogP contribution in [0.2, 0.25) is 0 Å². The fourth-order valence-corrected chi connectivity index (χ4v) is 2.46. The summed E-state index contributed by atoms with van der Waals surface area (Å²) >= 11 is 0. The van der Waals surface area contributed by atoms with Gasteiger partial charge in [-0.05, 0) is 32.9 Å². The highest BCUT2D eigenvalue weighted by molar-refractivity contribution is 5.82. The van der Waals surface area contributed by atoms with Gasteiger partial charge in [-0.2, -0.15) is 0 Å². The van der Waals surface area contributed by atoms with Crippen LogP contribution in [-0.2, 0) is 9.59 Å². The van der Waals surface area contributed by atoms with Crippen LogP contribution in [0.25, 0.3) is 0 Å². The molecule has 2 unspecified atom stereocenters. The van der Waals surface area contributed by atoms with E-state index in [9.17, 15) is 9.59 Å². The number of nitrogens with zero attached hydrogens (tertiary/aromatic N) is 1. The molecule has 0 bridgehead atoms. The smallest absolute Gasteiger partial charge is 0.223 e. The van der Waals surface area contributed by atoms with E-state index >= 15 is 0 Å². The molecule has 1 rings (SSSR count). The van der Waals surface area contributed by atoms with Gasteiger partial charge in [-0.1, -0.05) is 6.92 Å². The first kappa shape index (κ1) is 14.2. The molecule has 0 aromatic rings. The van der Waals surface area contributed by atoms with Crippen molar-refractivity contribution in [2.45, 2.75) is 32.6 Å². The number of rotatable bonds is 6. The minimum absolute atomic E-state index is 0.00396. The van der Waals surface area contributed by atoms with Gasteiger partial charge in [-0.25, -0.2) is 0 Å². The third-order valence-electron chi connectivity index (χ3n) is 3.57. The number of nitrogens with one attached hydrogen (secondary N) is 1. The SMILES string of the molecule is CNC(=O)C(C)CN(C)CCC1CCCC1=O. The van der Waals surface area contributed by atoms with Crippen LogP contribution < -0.4 is 5.32 Å². The van der Waals surface area contributed by atoms with E-state index in [0.717, 1.165) is 38.8 Å². The van der Waals surface area contributed by atoms with Gasteiger partial charge in [0, 0.05) is 31.8 Å². The van der Waals surface area contributed by atoms with Gasteiger partial charge in [0.25, 0.3) is 0 Å². The topological polar surface area (TPSA) is 49.4 Å². The lowest BCUT2D eigenvalue weighted by Gasteiger charge is -2.21. The lowest BCUT2D eigenvalue weighted by Crippen LogP contribution is -2.35. The summed E-state index contributed by atoms with van der Waals surface area (Å²) in [7, 11) is 3.68. The first-order valence-corrected chi connectivity index (χ1v) is 6.47. The number of carbonyl (C=O) groups excluding carboxylic acids is 2. The minimum Gasteiger partial charge on any atom is -0.359 e. The first-order valence-electron chi connectivity index (χ1n) is 6.47. The second kappa shape index (κ2) is 6.74. The largest absolute Gasteiger partial charge is 0.359 e. The van der Waals surface area contributed by atoms with Crippen molar-refractivity contribution in [2.75, 3.05) is 27.2 Å². The second-order valence-corrected chi connectivity index (χ2v) is 5.12. The monoisotopic (exact) mass is 240 g/mol. The number of carbonyl (C=O) groups is 2. The van der Waals surface area contributed by atoms with Crippen LogP contribution in [0.5, 0.6) is 0 Å². The molecule has 0 aromatic heterocycles. The predicted octanol–water partition coefficient (Wildman–Crippen LogP) is 1.06. The molecule has 1 amide bonds. The van der Waals surface area contributed by atoms with Gasteiger partial charge >= 0.3 is 0 Å². The maximum atomic E-state index is 11.5. The maximum Gasteiger partial charge on any atom is 0.223 e. The zero-order chi connectivity index (χ0) is 12.8. The molecule has 98 valence electrons. The van der Waals surface area contributed by atoms with Gasteiger partial charge < -0.3 is 10.2 Å². The van der Waals surface area contributed by atoms with Crippen LogP contribution in [-0.4, -0.2) is 43.8 Å². The molecule has 1 aliphatic rings.